The predicted molar refractivity (Wildman–Crippen MR) is 86.9 cm³/mol. The van der Waals surface area contributed by atoms with Gasteiger partial charge in [-0.25, -0.2) is 4.39 Å². The van der Waals surface area contributed by atoms with Gasteiger partial charge in [-0.15, -0.1) is 22.0 Å². The van der Waals surface area contributed by atoms with Crippen molar-refractivity contribution in [3.8, 4) is 0 Å². The summed E-state index contributed by atoms with van der Waals surface area (Å²) in [5, 5.41) is 10.4. The molecule has 1 aromatic heterocycles. The fraction of sp³-hybridized carbons (Fsp3) is 0.438. The number of alkyl halides is 3. The van der Waals surface area contributed by atoms with Gasteiger partial charge in [0.2, 0.25) is 5.91 Å². The zero-order valence-corrected chi connectivity index (χ0v) is 14.4. The molecule has 1 aromatic carbocycles. The second-order valence-corrected chi connectivity index (χ2v) is 6.98. The first-order valence-electron chi connectivity index (χ1n) is 7.95. The number of thioether (sulfide) groups is 1. The maximum absolute atomic E-state index is 12.8. The maximum atomic E-state index is 12.8. The van der Waals surface area contributed by atoms with Crippen molar-refractivity contribution in [3.63, 3.8) is 0 Å². The number of aromatic nitrogens is 3. The zero-order valence-electron chi connectivity index (χ0n) is 13.6. The summed E-state index contributed by atoms with van der Waals surface area (Å²) in [5.41, 5.74) is 0. The highest BCUT2D eigenvalue weighted by Crippen LogP contribution is 2.34. The summed E-state index contributed by atoms with van der Waals surface area (Å²) in [6.45, 7) is 0.286. The molecule has 0 saturated heterocycles. The molecule has 1 aliphatic heterocycles. The van der Waals surface area contributed by atoms with Crippen LogP contribution in [-0.2, 0) is 24.3 Å². The van der Waals surface area contributed by atoms with Crippen LogP contribution in [0.3, 0.4) is 0 Å². The number of nitrogens with one attached hydrogen (secondary N) is 1. The summed E-state index contributed by atoms with van der Waals surface area (Å²) in [4.78, 5) is 12.7. The van der Waals surface area contributed by atoms with Gasteiger partial charge in [0, 0.05) is 17.9 Å². The molecule has 0 radical (unpaired) electrons. The van der Waals surface area contributed by atoms with Gasteiger partial charge in [-0.05, 0) is 30.7 Å². The molecular weight excluding hydrogens is 372 g/mol. The molecule has 2 heterocycles. The van der Waals surface area contributed by atoms with Gasteiger partial charge in [-0.1, -0.05) is 0 Å². The summed E-state index contributed by atoms with van der Waals surface area (Å²) in [6, 6.07) is 5.80. The summed E-state index contributed by atoms with van der Waals surface area (Å²) < 4.78 is 52.9. The van der Waals surface area contributed by atoms with E-state index in [2.05, 4.69) is 15.5 Å². The highest BCUT2D eigenvalue weighted by atomic mass is 32.2. The summed E-state index contributed by atoms with van der Waals surface area (Å²) in [6.07, 6.45) is -4.44. The van der Waals surface area contributed by atoms with E-state index in [0.717, 1.165) is 4.90 Å². The minimum atomic E-state index is -4.23. The van der Waals surface area contributed by atoms with Crippen LogP contribution in [0.15, 0.2) is 29.2 Å². The lowest BCUT2D eigenvalue weighted by atomic mass is 9.97. The molecule has 2 aromatic rings. The molecule has 26 heavy (non-hydrogen) atoms. The third-order valence-corrected chi connectivity index (χ3v) is 5.14. The van der Waals surface area contributed by atoms with Crippen LogP contribution in [0.1, 0.15) is 18.1 Å². The van der Waals surface area contributed by atoms with Crippen LogP contribution in [0.5, 0.6) is 0 Å². The predicted octanol–water partition coefficient (Wildman–Crippen LogP) is 2.95. The van der Waals surface area contributed by atoms with Gasteiger partial charge < -0.3 is 9.88 Å². The second kappa shape index (κ2) is 7.65. The Bertz CT molecular complexity index is 776. The molecule has 0 spiro atoms. The fourth-order valence-electron chi connectivity index (χ4n) is 2.71. The molecule has 1 amide bonds. The van der Waals surface area contributed by atoms with E-state index in [1.165, 1.54) is 23.9 Å². The number of rotatable bonds is 5. The Morgan fingerprint density at radius 1 is 1.27 bits per heavy atom. The minimum Gasteiger partial charge on any atom is -0.348 e. The Labute approximate surface area is 151 Å². The average Bonchev–Trinajstić information content (AvgIpc) is 3.01. The normalized spacial score (nSPS) is 17.0. The molecule has 1 atom stereocenters. The molecule has 1 N–H and O–H groups in total. The third kappa shape index (κ3) is 4.54. The van der Waals surface area contributed by atoms with E-state index in [0.29, 0.717) is 11.6 Å². The Kier molecular flexibility index (Phi) is 5.49. The molecule has 1 unspecified atom stereocenters. The van der Waals surface area contributed by atoms with Crippen LogP contribution in [0.4, 0.5) is 17.6 Å². The second-order valence-electron chi connectivity index (χ2n) is 5.93. The van der Waals surface area contributed by atoms with Crippen LogP contribution in [0, 0.1) is 11.7 Å². The number of carbonyl (C=O) groups is 1. The highest BCUT2D eigenvalue weighted by molar-refractivity contribution is 8.00. The van der Waals surface area contributed by atoms with Crippen molar-refractivity contribution in [3.05, 3.63) is 41.7 Å². The largest absolute Gasteiger partial charge is 0.392 e. The summed E-state index contributed by atoms with van der Waals surface area (Å²) >= 11 is 1.26. The number of hydrogen-bond donors (Lipinski definition) is 1. The van der Waals surface area contributed by atoms with Crippen LogP contribution < -0.4 is 5.32 Å². The van der Waals surface area contributed by atoms with Crippen LogP contribution in [-0.4, -0.2) is 32.6 Å². The van der Waals surface area contributed by atoms with Gasteiger partial charge in [-0.2, -0.15) is 13.2 Å². The van der Waals surface area contributed by atoms with Crippen molar-refractivity contribution in [2.75, 3.05) is 5.75 Å². The number of carbonyl (C=O) groups excluding carboxylic acids is 1. The molecule has 0 bridgehead atoms. The van der Waals surface area contributed by atoms with E-state index in [-0.39, 0.29) is 43.4 Å². The van der Waals surface area contributed by atoms with Crippen molar-refractivity contribution in [1.29, 1.82) is 0 Å². The Morgan fingerprint density at radius 3 is 2.69 bits per heavy atom. The molecule has 0 aliphatic carbocycles. The van der Waals surface area contributed by atoms with Crippen molar-refractivity contribution in [1.82, 2.24) is 20.1 Å². The standard InChI is InChI=1S/C16H16F4N4OS/c17-11-1-3-12(4-2-11)26-9-15(25)21-8-14-23-22-13-7-10(16(18,19)20)5-6-24(13)14/h1-4,10H,5-9H2,(H,21,25). The topological polar surface area (TPSA) is 59.8 Å². The van der Waals surface area contributed by atoms with E-state index in [1.807, 2.05) is 0 Å². The molecular formula is C16H16F4N4OS. The molecule has 0 fully saturated rings. The number of amides is 1. The number of hydrogen-bond acceptors (Lipinski definition) is 4. The van der Waals surface area contributed by atoms with E-state index >= 15 is 0 Å². The van der Waals surface area contributed by atoms with Gasteiger partial charge in [-0.3, -0.25) is 4.79 Å². The first-order chi connectivity index (χ1) is 12.3. The first-order valence-corrected chi connectivity index (χ1v) is 8.94. The molecule has 0 saturated carbocycles. The number of benzene rings is 1. The lowest BCUT2D eigenvalue weighted by molar-refractivity contribution is -0.179. The van der Waals surface area contributed by atoms with Gasteiger partial charge in [0.25, 0.3) is 0 Å². The quantitative estimate of drug-likeness (QED) is 0.632. The molecule has 3 rings (SSSR count). The minimum absolute atomic E-state index is 0.0180. The van der Waals surface area contributed by atoms with Crippen LogP contribution >= 0.6 is 11.8 Å². The summed E-state index contributed by atoms with van der Waals surface area (Å²) in [5.74, 6) is -1.11. The monoisotopic (exact) mass is 388 g/mol. The number of halogens is 4. The van der Waals surface area contributed by atoms with E-state index in [4.69, 9.17) is 0 Å². The highest BCUT2D eigenvalue weighted by Gasteiger charge is 2.42. The van der Waals surface area contributed by atoms with Crippen molar-refractivity contribution in [2.45, 2.75) is 37.0 Å². The maximum Gasteiger partial charge on any atom is 0.392 e. The Hall–Kier alpha value is -2.10. The lowest BCUT2D eigenvalue weighted by Crippen LogP contribution is -2.32. The van der Waals surface area contributed by atoms with Crippen LogP contribution in [0.2, 0.25) is 0 Å². The van der Waals surface area contributed by atoms with Gasteiger partial charge >= 0.3 is 6.18 Å². The van der Waals surface area contributed by atoms with E-state index in [1.54, 1.807) is 16.7 Å². The Morgan fingerprint density at radius 2 is 2.00 bits per heavy atom. The average molecular weight is 388 g/mol. The lowest BCUT2D eigenvalue weighted by Gasteiger charge is -2.25. The molecule has 5 nitrogen and oxygen atoms in total. The van der Waals surface area contributed by atoms with Gasteiger partial charge in [0.1, 0.15) is 11.6 Å². The van der Waals surface area contributed by atoms with E-state index in [9.17, 15) is 22.4 Å². The van der Waals surface area contributed by atoms with Gasteiger partial charge in [0.15, 0.2) is 5.82 Å². The number of fused-ring (bicyclic) bond motifs is 1. The third-order valence-electron chi connectivity index (χ3n) is 4.12. The smallest absolute Gasteiger partial charge is 0.348 e. The molecule has 10 heteroatoms. The first kappa shape index (κ1) is 18.7. The van der Waals surface area contributed by atoms with E-state index < -0.39 is 12.1 Å². The summed E-state index contributed by atoms with van der Waals surface area (Å²) in [7, 11) is 0. The van der Waals surface area contributed by atoms with Gasteiger partial charge in [0.05, 0.1) is 18.2 Å². The molecule has 140 valence electrons. The van der Waals surface area contributed by atoms with Crippen molar-refractivity contribution < 1.29 is 22.4 Å². The number of nitrogens with zero attached hydrogens (tertiary/aromatic N) is 3. The zero-order chi connectivity index (χ0) is 18.7. The van der Waals surface area contributed by atoms with Crippen molar-refractivity contribution in [2.24, 2.45) is 5.92 Å². The fourth-order valence-corrected chi connectivity index (χ4v) is 3.44. The molecule has 1 aliphatic rings. The van der Waals surface area contributed by atoms with Crippen molar-refractivity contribution >= 4 is 17.7 Å². The van der Waals surface area contributed by atoms with Crippen LogP contribution in [0.25, 0.3) is 0 Å². The SMILES string of the molecule is O=C(CSc1ccc(F)cc1)NCc1nnc2n1CCC(C(F)(F)F)C2. The Balaban J connectivity index is 1.50.